The highest BCUT2D eigenvalue weighted by Gasteiger charge is 2.23. The highest BCUT2D eigenvalue weighted by Crippen LogP contribution is 2.26. The molecule has 2 aromatic carbocycles. The van der Waals surface area contributed by atoms with Crippen LogP contribution in [0, 0.1) is 0 Å². The van der Waals surface area contributed by atoms with Gasteiger partial charge in [0.05, 0.1) is 10.0 Å². The summed E-state index contributed by atoms with van der Waals surface area (Å²) in [6.45, 7) is 2.11. The average Bonchev–Trinajstić information content (AvgIpc) is 2.94. The molecule has 1 N–H and O–H groups in total. The third-order valence-electron chi connectivity index (χ3n) is 4.25. The summed E-state index contributed by atoms with van der Waals surface area (Å²) < 4.78 is 0. The van der Waals surface area contributed by atoms with Crippen molar-refractivity contribution < 1.29 is 0 Å². The molecule has 3 nitrogen and oxygen atoms in total. The topological polar surface area (TPSA) is 36.1 Å². The molecule has 23 heavy (non-hydrogen) atoms. The Morgan fingerprint density at radius 2 is 1.87 bits per heavy atom. The van der Waals surface area contributed by atoms with Gasteiger partial charge in [0, 0.05) is 41.8 Å². The Balaban J connectivity index is 1.65. The van der Waals surface area contributed by atoms with Crippen molar-refractivity contribution in [1.82, 2.24) is 9.88 Å². The summed E-state index contributed by atoms with van der Waals surface area (Å²) in [4.78, 5) is 18.3. The molecule has 4 rings (SSSR count). The number of aromatic amines is 1. The van der Waals surface area contributed by atoms with Gasteiger partial charge in [-0.05, 0) is 29.8 Å². The second-order valence-electron chi connectivity index (χ2n) is 5.85. The standard InChI is InChI=1S/C18H14Cl2N2O/c19-14-6-5-11(7-15(14)20)8-22-9-13-17(10-22)21-16-4-2-1-3-12(16)18(13)23/h1-7H,8-10H2,(H,21,23). The van der Waals surface area contributed by atoms with Crippen LogP contribution in [0.15, 0.2) is 47.3 Å². The molecule has 0 amide bonds. The Bertz CT molecular complexity index is 965. The van der Waals surface area contributed by atoms with Crippen LogP contribution in [-0.4, -0.2) is 9.88 Å². The predicted octanol–water partition coefficient (Wildman–Crippen LogP) is 4.35. The average molecular weight is 345 g/mol. The molecular formula is C18H14Cl2N2O. The smallest absolute Gasteiger partial charge is 0.194 e. The van der Waals surface area contributed by atoms with Crippen LogP contribution in [0.25, 0.3) is 10.9 Å². The van der Waals surface area contributed by atoms with Crippen molar-refractivity contribution in [3.63, 3.8) is 0 Å². The van der Waals surface area contributed by atoms with Crippen molar-refractivity contribution in [1.29, 1.82) is 0 Å². The van der Waals surface area contributed by atoms with E-state index >= 15 is 0 Å². The third kappa shape index (κ3) is 2.65. The molecule has 1 aliphatic rings. The third-order valence-corrected chi connectivity index (χ3v) is 4.99. The molecule has 1 aromatic heterocycles. The highest BCUT2D eigenvalue weighted by atomic mass is 35.5. The molecule has 5 heteroatoms. The van der Waals surface area contributed by atoms with Crippen molar-refractivity contribution in [2.75, 3.05) is 0 Å². The summed E-state index contributed by atoms with van der Waals surface area (Å²) in [5.41, 5.74) is 3.99. The zero-order valence-corrected chi connectivity index (χ0v) is 13.8. The van der Waals surface area contributed by atoms with E-state index in [0.717, 1.165) is 40.8 Å². The highest BCUT2D eigenvalue weighted by molar-refractivity contribution is 6.42. The van der Waals surface area contributed by atoms with Crippen LogP contribution in [0.5, 0.6) is 0 Å². The number of rotatable bonds is 2. The zero-order chi connectivity index (χ0) is 16.0. The van der Waals surface area contributed by atoms with Crippen LogP contribution >= 0.6 is 23.2 Å². The first-order chi connectivity index (χ1) is 11.1. The Kier molecular flexibility index (Phi) is 3.64. The van der Waals surface area contributed by atoms with Crippen molar-refractivity contribution in [2.45, 2.75) is 19.6 Å². The molecule has 0 saturated carbocycles. The van der Waals surface area contributed by atoms with Crippen molar-refractivity contribution in [3.8, 4) is 0 Å². The number of hydrogen-bond donors (Lipinski definition) is 1. The maximum absolute atomic E-state index is 12.6. The van der Waals surface area contributed by atoms with Gasteiger partial charge in [-0.3, -0.25) is 9.69 Å². The molecule has 0 radical (unpaired) electrons. The summed E-state index contributed by atoms with van der Waals surface area (Å²) in [7, 11) is 0. The van der Waals surface area contributed by atoms with E-state index in [-0.39, 0.29) is 5.43 Å². The number of nitrogens with one attached hydrogen (secondary N) is 1. The largest absolute Gasteiger partial charge is 0.357 e. The van der Waals surface area contributed by atoms with E-state index in [1.54, 1.807) is 0 Å². The van der Waals surface area contributed by atoms with Gasteiger partial charge < -0.3 is 4.98 Å². The van der Waals surface area contributed by atoms with Gasteiger partial charge in [-0.15, -0.1) is 0 Å². The lowest BCUT2D eigenvalue weighted by molar-refractivity contribution is 0.274. The number of nitrogens with zero attached hydrogens (tertiary/aromatic N) is 1. The van der Waals surface area contributed by atoms with Gasteiger partial charge in [-0.1, -0.05) is 41.4 Å². The number of aromatic nitrogens is 1. The second-order valence-corrected chi connectivity index (χ2v) is 6.66. The Hall–Kier alpha value is -1.81. The first-order valence-electron chi connectivity index (χ1n) is 7.41. The van der Waals surface area contributed by atoms with Crippen molar-refractivity contribution in [2.24, 2.45) is 0 Å². The van der Waals surface area contributed by atoms with Gasteiger partial charge in [0.25, 0.3) is 0 Å². The van der Waals surface area contributed by atoms with Gasteiger partial charge in [-0.25, -0.2) is 0 Å². The van der Waals surface area contributed by atoms with Crippen molar-refractivity contribution in [3.05, 3.63) is 79.6 Å². The second kappa shape index (κ2) is 5.68. The molecule has 3 aromatic rings. The maximum Gasteiger partial charge on any atom is 0.194 e. The molecular weight excluding hydrogens is 331 g/mol. The summed E-state index contributed by atoms with van der Waals surface area (Å²) in [5, 5.41) is 1.87. The fourth-order valence-corrected chi connectivity index (χ4v) is 3.46. The lowest BCUT2D eigenvalue weighted by Crippen LogP contribution is -2.17. The molecule has 2 heterocycles. The minimum Gasteiger partial charge on any atom is -0.357 e. The summed E-state index contributed by atoms with van der Waals surface area (Å²) in [6.07, 6.45) is 0. The number of para-hydroxylation sites is 1. The Labute approximate surface area is 143 Å². The first-order valence-corrected chi connectivity index (χ1v) is 8.16. The van der Waals surface area contributed by atoms with Crippen molar-refractivity contribution >= 4 is 34.1 Å². The lowest BCUT2D eigenvalue weighted by Gasteiger charge is -2.14. The molecule has 0 saturated heterocycles. The van der Waals surface area contributed by atoms with Gasteiger partial charge in [0.15, 0.2) is 5.43 Å². The van der Waals surface area contributed by atoms with Crippen LogP contribution in [0.2, 0.25) is 10.0 Å². The van der Waals surface area contributed by atoms with Crippen LogP contribution in [0.4, 0.5) is 0 Å². The quantitative estimate of drug-likeness (QED) is 0.750. The Morgan fingerprint density at radius 1 is 1.04 bits per heavy atom. The van der Waals surface area contributed by atoms with E-state index in [1.807, 2.05) is 42.5 Å². The first kappa shape index (κ1) is 14.8. The maximum atomic E-state index is 12.6. The molecule has 0 spiro atoms. The van der Waals surface area contributed by atoms with Gasteiger partial charge in [-0.2, -0.15) is 0 Å². The number of pyridine rings is 1. The number of hydrogen-bond acceptors (Lipinski definition) is 2. The summed E-state index contributed by atoms with van der Waals surface area (Å²) in [5.74, 6) is 0. The van der Waals surface area contributed by atoms with Crippen LogP contribution < -0.4 is 5.43 Å². The molecule has 0 unspecified atom stereocenters. The number of fused-ring (bicyclic) bond motifs is 2. The normalized spacial score (nSPS) is 14.3. The number of halogens is 2. The molecule has 0 aliphatic carbocycles. The fraction of sp³-hybridized carbons (Fsp3) is 0.167. The van der Waals surface area contributed by atoms with E-state index in [0.29, 0.717) is 16.6 Å². The van der Waals surface area contributed by atoms with Gasteiger partial charge in [0.2, 0.25) is 0 Å². The molecule has 116 valence electrons. The lowest BCUT2D eigenvalue weighted by atomic mass is 10.1. The molecule has 0 bridgehead atoms. The van der Waals surface area contributed by atoms with Gasteiger partial charge in [0.1, 0.15) is 0 Å². The molecule has 1 aliphatic heterocycles. The van der Waals surface area contributed by atoms with Crippen LogP contribution in [0.3, 0.4) is 0 Å². The number of H-pyrrole nitrogens is 1. The number of benzene rings is 2. The van der Waals surface area contributed by atoms with Gasteiger partial charge >= 0.3 is 0 Å². The van der Waals surface area contributed by atoms with E-state index < -0.39 is 0 Å². The van der Waals surface area contributed by atoms with E-state index in [9.17, 15) is 4.79 Å². The van der Waals surface area contributed by atoms with E-state index in [2.05, 4.69) is 9.88 Å². The van der Waals surface area contributed by atoms with Crippen LogP contribution in [0.1, 0.15) is 16.8 Å². The predicted molar refractivity (Wildman–Crippen MR) is 94.0 cm³/mol. The molecule has 0 atom stereocenters. The van der Waals surface area contributed by atoms with Crippen LogP contribution in [-0.2, 0) is 19.6 Å². The monoisotopic (exact) mass is 344 g/mol. The zero-order valence-electron chi connectivity index (χ0n) is 12.3. The Morgan fingerprint density at radius 3 is 2.70 bits per heavy atom. The fourth-order valence-electron chi connectivity index (χ4n) is 3.14. The van der Waals surface area contributed by atoms with E-state index in [1.165, 1.54) is 0 Å². The SMILES string of the molecule is O=c1c2c([nH]c3ccccc13)CN(Cc1ccc(Cl)c(Cl)c1)C2. The minimum absolute atomic E-state index is 0.131. The summed E-state index contributed by atoms with van der Waals surface area (Å²) >= 11 is 12.0. The summed E-state index contributed by atoms with van der Waals surface area (Å²) in [6, 6.07) is 13.3. The van der Waals surface area contributed by atoms with E-state index in [4.69, 9.17) is 23.2 Å². The minimum atomic E-state index is 0.131. The molecule has 0 fully saturated rings.